The number of carboxylic acid groups (broad SMARTS) is 1. The van der Waals surface area contributed by atoms with Crippen LogP contribution in [0.5, 0.6) is 0 Å². The Labute approximate surface area is 51.7 Å². The third-order valence-electron chi connectivity index (χ3n) is 0.708. The average molecular weight is 127 g/mol. The van der Waals surface area contributed by atoms with E-state index in [1.54, 1.807) is 0 Å². The van der Waals surface area contributed by atoms with E-state index in [4.69, 9.17) is 15.5 Å². The predicted octanol–water partition coefficient (Wildman–Crippen LogP) is -0.488. The highest BCUT2D eigenvalue weighted by Crippen LogP contribution is 1.95. The Morgan fingerprint density at radius 3 is 2.33 bits per heavy atom. The summed E-state index contributed by atoms with van der Waals surface area (Å²) in [6, 6.07) is 1.42. The molecule has 4 heteroatoms. The van der Waals surface area contributed by atoms with Gasteiger partial charge in [0.25, 0.3) is 0 Å². The number of carbonyl (C=O) groups is 1. The van der Waals surface area contributed by atoms with Crippen LogP contribution < -0.4 is 0 Å². The number of carboxylic acids is 1. The average Bonchev–Trinajstić information content (AvgIpc) is 1.84. The topological polar surface area (TPSA) is 81.3 Å². The van der Waals surface area contributed by atoms with E-state index in [1.807, 2.05) is 0 Å². The first kappa shape index (κ1) is 7.66. The van der Waals surface area contributed by atoms with Crippen LogP contribution in [0.3, 0.4) is 0 Å². The monoisotopic (exact) mass is 127 g/mol. The van der Waals surface area contributed by atoms with Gasteiger partial charge in [0.15, 0.2) is 6.10 Å². The van der Waals surface area contributed by atoms with Gasteiger partial charge in [-0.25, -0.2) is 4.79 Å². The fourth-order valence-corrected chi connectivity index (χ4v) is 0.210. The maximum atomic E-state index is 9.84. The minimum atomic E-state index is -1.75. The molecule has 1 unspecified atom stereocenters. The SMILES string of the molecule is C=C(C#N)C(O)C(=O)O. The first-order valence-corrected chi connectivity index (χ1v) is 2.09. The molecule has 0 radical (unpaired) electrons. The fourth-order valence-electron chi connectivity index (χ4n) is 0.210. The van der Waals surface area contributed by atoms with E-state index in [0.717, 1.165) is 0 Å². The fraction of sp³-hybridized carbons (Fsp3) is 0.200. The summed E-state index contributed by atoms with van der Waals surface area (Å²) in [5.74, 6) is -1.46. The minimum Gasteiger partial charge on any atom is -0.479 e. The van der Waals surface area contributed by atoms with Crippen LogP contribution in [0.1, 0.15) is 0 Å². The van der Waals surface area contributed by atoms with Crippen LogP contribution in [0.25, 0.3) is 0 Å². The Hall–Kier alpha value is -1.34. The zero-order chi connectivity index (χ0) is 7.44. The van der Waals surface area contributed by atoms with Crippen molar-refractivity contribution in [3.05, 3.63) is 12.2 Å². The van der Waals surface area contributed by atoms with Gasteiger partial charge in [-0.1, -0.05) is 6.58 Å². The van der Waals surface area contributed by atoms with Gasteiger partial charge in [0, 0.05) is 0 Å². The zero-order valence-corrected chi connectivity index (χ0v) is 4.53. The first-order valence-electron chi connectivity index (χ1n) is 2.09. The number of aliphatic carboxylic acids is 1. The highest BCUT2D eigenvalue weighted by Gasteiger charge is 2.15. The van der Waals surface area contributed by atoms with Gasteiger partial charge in [-0.2, -0.15) is 5.26 Å². The van der Waals surface area contributed by atoms with Crippen LogP contribution in [-0.2, 0) is 4.79 Å². The van der Waals surface area contributed by atoms with Crippen molar-refractivity contribution in [1.29, 1.82) is 5.26 Å². The van der Waals surface area contributed by atoms with Crippen molar-refractivity contribution in [2.75, 3.05) is 0 Å². The Kier molecular flexibility index (Phi) is 2.42. The Morgan fingerprint density at radius 1 is 1.78 bits per heavy atom. The molecule has 0 fully saturated rings. The molecule has 0 aromatic rings. The highest BCUT2D eigenvalue weighted by molar-refractivity contribution is 5.76. The maximum Gasteiger partial charge on any atom is 0.337 e. The van der Waals surface area contributed by atoms with Crippen LogP contribution in [0, 0.1) is 11.3 Å². The lowest BCUT2D eigenvalue weighted by Gasteiger charge is -1.98. The Bertz CT molecular complexity index is 179. The van der Waals surface area contributed by atoms with Gasteiger partial charge >= 0.3 is 5.97 Å². The molecule has 0 spiro atoms. The Balaban J connectivity index is 4.08. The van der Waals surface area contributed by atoms with Crippen molar-refractivity contribution in [2.24, 2.45) is 0 Å². The molecule has 4 nitrogen and oxygen atoms in total. The second kappa shape index (κ2) is 2.84. The molecule has 0 aliphatic heterocycles. The van der Waals surface area contributed by atoms with E-state index >= 15 is 0 Å². The molecule has 0 aromatic carbocycles. The normalized spacial score (nSPS) is 11.6. The van der Waals surface area contributed by atoms with Gasteiger partial charge in [-0.05, 0) is 0 Å². The molecule has 48 valence electrons. The summed E-state index contributed by atoms with van der Waals surface area (Å²) in [5.41, 5.74) is -0.359. The molecule has 0 heterocycles. The molecular weight excluding hydrogens is 122 g/mol. The predicted molar refractivity (Wildman–Crippen MR) is 28.4 cm³/mol. The van der Waals surface area contributed by atoms with Crippen LogP contribution in [0.15, 0.2) is 12.2 Å². The van der Waals surface area contributed by atoms with E-state index in [0.29, 0.717) is 0 Å². The number of hydrogen-bond acceptors (Lipinski definition) is 3. The number of hydrogen-bond donors (Lipinski definition) is 2. The lowest BCUT2D eigenvalue weighted by atomic mass is 10.2. The van der Waals surface area contributed by atoms with Gasteiger partial charge in [0.05, 0.1) is 11.6 Å². The minimum absolute atomic E-state index is 0.359. The largest absolute Gasteiger partial charge is 0.479 e. The van der Waals surface area contributed by atoms with Gasteiger partial charge < -0.3 is 10.2 Å². The van der Waals surface area contributed by atoms with Gasteiger partial charge in [0.2, 0.25) is 0 Å². The third kappa shape index (κ3) is 1.93. The summed E-state index contributed by atoms with van der Waals surface area (Å²) >= 11 is 0. The van der Waals surface area contributed by atoms with Crippen molar-refractivity contribution in [3.63, 3.8) is 0 Å². The maximum absolute atomic E-state index is 9.84. The van der Waals surface area contributed by atoms with Crippen molar-refractivity contribution >= 4 is 5.97 Å². The van der Waals surface area contributed by atoms with Gasteiger partial charge in [-0.3, -0.25) is 0 Å². The summed E-state index contributed by atoms with van der Waals surface area (Å²) < 4.78 is 0. The molecule has 0 bridgehead atoms. The molecular formula is C5H5NO3. The van der Waals surface area contributed by atoms with Crippen molar-refractivity contribution in [2.45, 2.75) is 6.10 Å². The number of nitriles is 1. The van der Waals surface area contributed by atoms with E-state index in [2.05, 4.69) is 6.58 Å². The molecule has 0 aliphatic carbocycles. The van der Waals surface area contributed by atoms with Crippen molar-refractivity contribution in [3.8, 4) is 6.07 Å². The van der Waals surface area contributed by atoms with Gasteiger partial charge in [0.1, 0.15) is 0 Å². The van der Waals surface area contributed by atoms with E-state index in [-0.39, 0.29) is 5.57 Å². The molecule has 1 atom stereocenters. The van der Waals surface area contributed by atoms with E-state index < -0.39 is 12.1 Å². The van der Waals surface area contributed by atoms with Crippen LogP contribution in [-0.4, -0.2) is 22.3 Å². The second-order valence-electron chi connectivity index (χ2n) is 1.38. The third-order valence-corrected chi connectivity index (χ3v) is 0.708. The number of rotatable bonds is 2. The molecule has 0 saturated carbocycles. The number of aliphatic hydroxyl groups excluding tert-OH is 1. The molecule has 2 N–H and O–H groups in total. The smallest absolute Gasteiger partial charge is 0.337 e. The lowest BCUT2D eigenvalue weighted by Crippen LogP contribution is -2.20. The molecule has 0 rings (SSSR count). The summed E-state index contributed by atoms with van der Waals surface area (Å²) in [6.45, 7) is 3.00. The van der Waals surface area contributed by atoms with Gasteiger partial charge in [-0.15, -0.1) is 0 Å². The van der Waals surface area contributed by atoms with Crippen LogP contribution >= 0.6 is 0 Å². The zero-order valence-electron chi connectivity index (χ0n) is 4.53. The van der Waals surface area contributed by atoms with Crippen LogP contribution in [0.4, 0.5) is 0 Å². The first-order chi connectivity index (χ1) is 4.09. The Morgan fingerprint density at radius 2 is 2.22 bits per heavy atom. The molecule has 0 aromatic heterocycles. The summed E-state index contributed by atoms with van der Waals surface area (Å²) in [7, 11) is 0. The van der Waals surface area contributed by atoms with Crippen molar-refractivity contribution in [1.82, 2.24) is 0 Å². The summed E-state index contributed by atoms with van der Waals surface area (Å²) in [5, 5.41) is 24.5. The highest BCUT2D eigenvalue weighted by atomic mass is 16.4. The quantitative estimate of drug-likeness (QED) is 0.490. The number of nitrogens with zero attached hydrogens (tertiary/aromatic N) is 1. The summed E-state index contributed by atoms with van der Waals surface area (Å²) in [4.78, 5) is 9.84. The molecule has 9 heavy (non-hydrogen) atoms. The van der Waals surface area contributed by atoms with Crippen molar-refractivity contribution < 1.29 is 15.0 Å². The van der Waals surface area contributed by atoms with Crippen LogP contribution in [0.2, 0.25) is 0 Å². The van der Waals surface area contributed by atoms with E-state index in [9.17, 15) is 4.79 Å². The number of aliphatic hydroxyl groups is 1. The van der Waals surface area contributed by atoms with E-state index in [1.165, 1.54) is 6.07 Å². The molecule has 0 amide bonds. The summed E-state index contributed by atoms with van der Waals surface area (Å²) in [6.07, 6.45) is -1.75. The lowest BCUT2D eigenvalue weighted by molar-refractivity contribution is -0.144. The molecule has 0 saturated heterocycles. The molecule has 0 aliphatic rings. The standard InChI is InChI=1S/C5H5NO3/c1-3(2-6)4(7)5(8)9/h4,7H,1H2,(H,8,9). The second-order valence-corrected chi connectivity index (χ2v) is 1.38.